The van der Waals surface area contributed by atoms with Gasteiger partial charge in [0.25, 0.3) is 0 Å². The Morgan fingerprint density at radius 1 is 0.971 bits per heavy atom. The molecular formula is C28H37ClN4O2. The number of aromatic nitrogens is 2. The Morgan fingerprint density at radius 2 is 1.69 bits per heavy atom. The minimum Gasteiger partial charge on any atom is -0.356 e. The number of unbranched alkanes of at least 4 members (excludes halogenated alkanes) is 2. The first-order chi connectivity index (χ1) is 17.0. The summed E-state index contributed by atoms with van der Waals surface area (Å²) in [6, 6.07) is 15.4. The summed E-state index contributed by atoms with van der Waals surface area (Å²) in [4.78, 5) is 32.0. The quantitative estimate of drug-likeness (QED) is 0.303. The average molecular weight is 497 g/mol. The highest BCUT2D eigenvalue weighted by Crippen LogP contribution is 2.18. The van der Waals surface area contributed by atoms with Crippen LogP contribution in [0.5, 0.6) is 0 Å². The molecule has 1 aromatic heterocycles. The fourth-order valence-corrected chi connectivity index (χ4v) is 4.42. The van der Waals surface area contributed by atoms with Crippen molar-refractivity contribution in [1.29, 1.82) is 0 Å². The van der Waals surface area contributed by atoms with Gasteiger partial charge < -0.3 is 14.8 Å². The largest absolute Gasteiger partial charge is 0.356 e. The van der Waals surface area contributed by atoms with E-state index >= 15 is 0 Å². The number of rotatable bonds is 14. The lowest BCUT2D eigenvalue weighted by Crippen LogP contribution is -2.35. The molecule has 1 N–H and O–H groups in total. The molecule has 3 rings (SSSR count). The van der Waals surface area contributed by atoms with Gasteiger partial charge in [-0.1, -0.05) is 56.1 Å². The lowest BCUT2D eigenvalue weighted by atomic mass is 10.1. The summed E-state index contributed by atoms with van der Waals surface area (Å²) in [5.41, 5.74) is 2.90. The highest BCUT2D eigenvalue weighted by atomic mass is 35.5. The smallest absolute Gasteiger partial charge is 0.242 e. The Balaban J connectivity index is 1.50. The van der Waals surface area contributed by atoms with Crippen LogP contribution in [0.15, 0.2) is 48.5 Å². The minimum atomic E-state index is 0.0244. The molecule has 0 spiro atoms. The maximum absolute atomic E-state index is 13.0. The number of hydrogen-bond acceptors (Lipinski definition) is 3. The van der Waals surface area contributed by atoms with Crippen LogP contribution < -0.4 is 5.32 Å². The highest BCUT2D eigenvalue weighted by molar-refractivity contribution is 6.30. The summed E-state index contributed by atoms with van der Waals surface area (Å²) in [5, 5.41) is 3.67. The number of nitrogens with zero attached hydrogens (tertiary/aromatic N) is 3. The van der Waals surface area contributed by atoms with Gasteiger partial charge in [0.15, 0.2) is 0 Å². The average Bonchev–Trinajstić information content (AvgIpc) is 3.19. The number of imidazole rings is 1. The molecule has 0 atom stereocenters. The number of fused-ring (bicyclic) bond motifs is 1. The summed E-state index contributed by atoms with van der Waals surface area (Å²) in [6.45, 7) is 6.78. The first-order valence-corrected chi connectivity index (χ1v) is 13.1. The summed E-state index contributed by atoms with van der Waals surface area (Å²) in [6.07, 6.45) is 5.93. The first kappa shape index (κ1) is 26.7. The van der Waals surface area contributed by atoms with Crippen LogP contribution in [0.1, 0.15) is 57.3 Å². The number of para-hydroxylation sites is 2. The van der Waals surface area contributed by atoms with Gasteiger partial charge in [-0.2, -0.15) is 0 Å². The molecule has 3 aromatic rings. The molecule has 7 heteroatoms. The van der Waals surface area contributed by atoms with Gasteiger partial charge in [-0.05, 0) is 55.5 Å². The normalized spacial score (nSPS) is 11.1. The van der Waals surface area contributed by atoms with Crippen LogP contribution >= 0.6 is 11.6 Å². The van der Waals surface area contributed by atoms with Crippen molar-refractivity contribution in [3.8, 4) is 0 Å². The zero-order valence-electron chi connectivity index (χ0n) is 20.9. The van der Waals surface area contributed by atoms with Gasteiger partial charge in [-0.3, -0.25) is 9.59 Å². The van der Waals surface area contributed by atoms with E-state index in [1.165, 1.54) is 0 Å². The molecule has 188 valence electrons. The molecule has 0 aliphatic carbocycles. The fraction of sp³-hybridized carbons (Fsp3) is 0.464. The Bertz CT molecular complexity index is 1090. The van der Waals surface area contributed by atoms with Crippen molar-refractivity contribution < 1.29 is 9.59 Å². The van der Waals surface area contributed by atoms with Gasteiger partial charge in [0.2, 0.25) is 11.8 Å². The predicted octanol–water partition coefficient (Wildman–Crippen LogP) is 5.41. The maximum Gasteiger partial charge on any atom is 0.242 e. The van der Waals surface area contributed by atoms with Crippen molar-refractivity contribution >= 4 is 34.4 Å². The molecular weight excluding hydrogens is 460 g/mol. The summed E-state index contributed by atoms with van der Waals surface area (Å²) < 4.78 is 2.09. The molecule has 35 heavy (non-hydrogen) atoms. The first-order valence-electron chi connectivity index (χ1n) is 12.7. The summed E-state index contributed by atoms with van der Waals surface area (Å²) in [5.74, 6) is 1.14. The van der Waals surface area contributed by atoms with Crippen molar-refractivity contribution in [3.05, 3.63) is 64.9 Å². The van der Waals surface area contributed by atoms with Gasteiger partial charge in [0.1, 0.15) is 12.4 Å². The SMILES string of the molecule is CCCN(CCC)C(=O)Cn1c(CCCCCNC(=O)Cc2ccc(Cl)cc2)nc2ccccc21. The van der Waals surface area contributed by atoms with E-state index in [2.05, 4.69) is 23.7 Å². The molecule has 2 amide bonds. The summed E-state index contributed by atoms with van der Waals surface area (Å²) >= 11 is 5.90. The van der Waals surface area contributed by atoms with Crippen LogP contribution in [0.25, 0.3) is 11.0 Å². The maximum atomic E-state index is 13.0. The molecule has 0 fully saturated rings. The Hall–Kier alpha value is -2.86. The standard InChI is InChI=1S/C28H37ClN4O2/c1-3-18-32(19-4-2)28(35)21-33-25-11-8-7-10-24(25)31-26(33)12-6-5-9-17-30-27(34)20-22-13-15-23(29)16-14-22/h7-8,10-11,13-16H,3-6,9,12,17-21H2,1-2H3,(H,30,34). The second-order valence-electron chi connectivity index (χ2n) is 8.95. The second-order valence-corrected chi connectivity index (χ2v) is 9.38. The number of halogens is 1. The second kappa shape index (κ2) is 13.9. The van der Waals surface area contributed by atoms with E-state index in [-0.39, 0.29) is 11.8 Å². The monoisotopic (exact) mass is 496 g/mol. The number of benzene rings is 2. The molecule has 0 aliphatic heterocycles. The van der Waals surface area contributed by atoms with E-state index in [1.54, 1.807) is 12.1 Å². The van der Waals surface area contributed by atoms with Gasteiger partial charge in [-0.25, -0.2) is 4.98 Å². The summed E-state index contributed by atoms with van der Waals surface area (Å²) in [7, 11) is 0. The van der Waals surface area contributed by atoms with Gasteiger partial charge >= 0.3 is 0 Å². The number of aryl methyl sites for hydroxylation is 1. The lowest BCUT2D eigenvalue weighted by Gasteiger charge is -2.22. The minimum absolute atomic E-state index is 0.0244. The third-order valence-corrected chi connectivity index (χ3v) is 6.30. The Morgan fingerprint density at radius 3 is 2.40 bits per heavy atom. The molecule has 0 aliphatic rings. The van der Waals surface area contributed by atoms with Crippen molar-refractivity contribution in [2.75, 3.05) is 19.6 Å². The molecule has 0 saturated carbocycles. The topological polar surface area (TPSA) is 67.2 Å². The van der Waals surface area contributed by atoms with Gasteiger partial charge in [0.05, 0.1) is 17.5 Å². The van der Waals surface area contributed by atoms with Crippen LogP contribution in [0, 0.1) is 0 Å². The van der Waals surface area contributed by atoms with Gasteiger partial charge in [-0.15, -0.1) is 0 Å². The fourth-order valence-electron chi connectivity index (χ4n) is 4.29. The van der Waals surface area contributed by atoms with Crippen molar-refractivity contribution in [3.63, 3.8) is 0 Å². The van der Waals surface area contributed by atoms with Gasteiger partial charge in [0, 0.05) is 31.1 Å². The third-order valence-electron chi connectivity index (χ3n) is 6.04. The van der Waals surface area contributed by atoms with E-state index < -0.39 is 0 Å². The molecule has 0 radical (unpaired) electrons. The van der Waals surface area contributed by atoms with E-state index in [0.29, 0.717) is 24.5 Å². The molecule has 2 aromatic carbocycles. The van der Waals surface area contributed by atoms with Crippen molar-refractivity contribution in [2.45, 2.75) is 65.3 Å². The number of nitrogens with one attached hydrogen (secondary N) is 1. The van der Waals surface area contributed by atoms with Crippen LogP contribution in [0.4, 0.5) is 0 Å². The number of carbonyl (C=O) groups excluding carboxylic acids is 2. The Labute approximate surface area is 213 Å². The van der Waals surface area contributed by atoms with E-state index in [0.717, 1.165) is 74.0 Å². The van der Waals surface area contributed by atoms with E-state index in [4.69, 9.17) is 16.6 Å². The van der Waals surface area contributed by atoms with E-state index in [1.807, 2.05) is 41.3 Å². The highest BCUT2D eigenvalue weighted by Gasteiger charge is 2.17. The van der Waals surface area contributed by atoms with Crippen molar-refractivity contribution in [1.82, 2.24) is 19.8 Å². The number of carbonyl (C=O) groups is 2. The number of hydrogen-bond donors (Lipinski definition) is 1. The predicted molar refractivity (Wildman–Crippen MR) is 143 cm³/mol. The molecule has 0 bridgehead atoms. The zero-order chi connectivity index (χ0) is 25.0. The molecule has 0 saturated heterocycles. The van der Waals surface area contributed by atoms with Crippen LogP contribution in [0.3, 0.4) is 0 Å². The van der Waals surface area contributed by atoms with Crippen LogP contribution in [-0.4, -0.2) is 45.9 Å². The molecule has 0 unspecified atom stereocenters. The number of amides is 2. The Kier molecular flexibility index (Phi) is 10.6. The lowest BCUT2D eigenvalue weighted by molar-refractivity contribution is -0.132. The molecule has 6 nitrogen and oxygen atoms in total. The molecule has 1 heterocycles. The van der Waals surface area contributed by atoms with Crippen LogP contribution in [0.2, 0.25) is 5.02 Å². The zero-order valence-corrected chi connectivity index (χ0v) is 21.7. The van der Waals surface area contributed by atoms with E-state index in [9.17, 15) is 9.59 Å². The third kappa shape index (κ3) is 8.10. The van der Waals surface area contributed by atoms with Crippen molar-refractivity contribution in [2.24, 2.45) is 0 Å². The van der Waals surface area contributed by atoms with Crippen LogP contribution in [-0.2, 0) is 29.0 Å².